The summed E-state index contributed by atoms with van der Waals surface area (Å²) in [6, 6.07) is 4.23. The lowest BCUT2D eigenvalue weighted by atomic mass is 10.0. The van der Waals surface area contributed by atoms with Crippen molar-refractivity contribution in [1.82, 2.24) is 5.43 Å². The van der Waals surface area contributed by atoms with Crippen LogP contribution < -0.4 is 16.0 Å². The molecule has 1 unspecified atom stereocenters. The Balaban J connectivity index is 3.23. The first-order valence-corrected chi connectivity index (χ1v) is 4.72. The van der Waals surface area contributed by atoms with Crippen molar-refractivity contribution in [3.05, 3.63) is 28.8 Å². The van der Waals surface area contributed by atoms with Gasteiger partial charge in [-0.2, -0.15) is 0 Å². The summed E-state index contributed by atoms with van der Waals surface area (Å²) in [5.41, 5.74) is 6.22. The SMILES string of the molecule is COc1c(C(C)NN)ccc(C)c1C. The average Bonchev–Trinajstić information content (AvgIpc) is 2.20. The summed E-state index contributed by atoms with van der Waals surface area (Å²) in [6.45, 7) is 6.13. The summed E-state index contributed by atoms with van der Waals surface area (Å²) in [4.78, 5) is 0. The van der Waals surface area contributed by atoms with E-state index in [1.165, 1.54) is 11.1 Å². The van der Waals surface area contributed by atoms with Crippen LogP contribution in [0.4, 0.5) is 0 Å². The Morgan fingerprint density at radius 3 is 2.50 bits per heavy atom. The van der Waals surface area contributed by atoms with Gasteiger partial charge in [0.05, 0.1) is 7.11 Å². The first-order chi connectivity index (χ1) is 6.61. The fourth-order valence-corrected chi connectivity index (χ4v) is 1.51. The smallest absolute Gasteiger partial charge is 0.126 e. The second kappa shape index (κ2) is 4.44. The summed E-state index contributed by atoms with van der Waals surface area (Å²) in [5.74, 6) is 6.34. The minimum Gasteiger partial charge on any atom is -0.496 e. The molecule has 3 N–H and O–H groups in total. The maximum Gasteiger partial charge on any atom is 0.126 e. The topological polar surface area (TPSA) is 47.3 Å². The molecule has 3 nitrogen and oxygen atoms in total. The fourth-order valence-electron chi connectivity index (χ4n) is 1.51. The molecule has 1 aromatic carbocycles. The summed E-state index contributed by atoms with van der Waals surface area (Å²) in [6.07, 6.45) is 0. The fraction of sp³-hybridized carbons (Fsp3) is 0.455. The molecule has 0 saturated carbocycles. The molecule has 0 aromatic heterocycles. The number of hydrogen-bond donors (Lipinski definition) is 2. The summed E-state index contributed by atoms with van der Waals surface area (Å²) < 4.78 is 5.38. The Morgan fingerprint density at radius 2 is 2.00 bits per heavy atom. The van der Waals surface area contributed by atoms with Crippen molar-refractivity contribution in [2.24, 2.45) is 5.84 Å². The van der Waals surface area contributed by atoms with Crippen molar-refractivity contribution in [2.75, 3.05) is 7.11 Å². The molecule has 0 radical (unpaired) electrons. The second-order valence-electron chi connectivity index (χ2n) is 3.52. The number of hydrazine groups is 1. The van der Waals surface area contributed by atoms with E-state index >= 15 is 0 Å². The average molecular weight is 194 g/mol. The highest BCUT2D eigenvalue weighted by Gasteiger charge is 2.12. The van der Waals surface area contributed by atoms with Gasteiger partial charge in [0.2, 0.25) is 0 Å². The molecule has 0 aliphatic carbocycles. The van der Waals surface area contributed by atoms with Gasteiger partial charge in [0.15, 0.2) is 0 Å². The third-order valence-electron chi connectivity index (χ3n) is 2.63. The standard InChI is InChI=1S/C11H18N2O/c1-7-5-6-10(9(3)13-12)11(14-4)8(7)2/h5-6,9,13H,12H2,1-4H3. The molecule has 3 heteroatoms. The zero-order valence-electron chi connectivity index (χ0n) is 9.22. The zero-order chi connectivity index (χ0) is 10.7. The number of nitrogens with two attached hydrogens (primary N) is 1. The van der Waals surface area contributed by atoms with Crippen LogP contribution in [0, 0.1) is 13.8 Å². The number of benzene rings is 1. The lowest BCUT2D eigenvalue weighted by Gasteiger charge is -2.17. The number of aryl methyl sites for hydroxylation is 1. The third kappa shape index (κ3) is 1.89. The largest absolute Gasteiger partial charge is 0.496 e. The molecule has 0 fully saturated rings. The Kier molecular flexibility index (Phi) is 3.49. The molecule has 0 aliphatic heterocycles. The molecule has 78 valence electrons. The van der Waals surface area contributed by atoms with Gasteiger partial charge >= 0.3 is 0 Å². The summed E-state index contributed by atoms with van der Waals surface area (Å²) >= 11 is 0. The van der Waals surface area contributed by atoms with Gasteiger partial charge in [-0.25, -0.2) is 0 Å². The van der Waals surface area contributed by atoms with E-state index < -0.39 is 0 Å². The predicted octanol–water partition coefficient (Wildman–Crippen LogP) is 1.84. The monoisotopic (exact) mass is 194 g/mol. The molecule has 0 saturated heterocycles. The number of rotatable bonds is 3. The van der Waals surface area contributed by atoms with E-state index in [9.17, 15) is 0 Å². The summed E-state index contributed by atoms with van der Waals surface area (Å²) in [5, 5.41) is 0. The van der Waals surface area contributed by atoms with Gasteiger partial charge in [-0.1, -0.05) is 12.1 Å². The molecular formula is C11H18N2O. The number of ether oxygens (including phenoxy) is 1. The van der Waals surface area contributed by atoms with Crippen LogP contribution in [-0.4, -0.2) is 7.11 Å². The van der Waals surface area contributed by atoms with E-state index in [-0.39, 0.29) is 6.04 Å². The van der Waals surface area contributed by atoms with Gasteiger partial charge in [-0.05, 0) is 31.9 Å². The molecule has 0 spiro atoms. The maximum absolute atomic E-state index is 5.41. The van der Waals surface area contributed by atoms with Gasteiger partial charge in [0.25, 0.3) is 0 Å². The van der Waals surface area contributed by atoms with Crippen molar-refractivity contribution in [3.63, 3.8) is 0 Å². The van der Waals surface area contributed by atoms with Crippen LogP contribution in [0.15, 0.2) is 12.1 Å². The number of nitrogens with one attached hydrogen (secondary N) is 1. The molecule has 1 aromatic rings. The Hall–Kier alpha value is -1.06. The highest BCUT2D eigenvalue weighted by Crippen LogP contribution is 2.30. The van der Waals surface area contributed by atoms with Crippen molar-refractivity contribution < 1.29 is 4.74 Å². The van der Waals surface area contributed by atoms with Crippen molar-refractivity contribution >= 4 is 0 Å². The first kappa shape index (κ1) is 11.0. The molecule has 0 heterocycles. The molecule has 0 aliphatic rings. The second-order valence-corrected chi connectivity index (χ2v) is 3.52. The van der Waals surface area contributed by atoms with Crippen LogP contribution in [0.2, 0.25) is 0 Å². The molecule has 1 atom stereocenters. The van der Waals surface area contributed by atoms with Crippen LogP contribution in [0.5, 0.6) is 5.75 Å². The van der Waals surface area contributed by atoms with E-state index in [4.69, 9.17) is 10.6 Å². The predicted molar refractivity (Wildman–Crippen MR) is 58.2 cm³/mol. The van der Waals surface area contributed by atoms with Crippen molar-refractivity contribution in [1.29, 1.82) is 0 Å². The quantitative estimate of drug-likeness (QED) is 0.570. The third-order valence-corrected chi connectivity index (χ3v) is 2.63. The normalized spacial score (nSPS) is 12.6. The zero-order valence-corrected chi connectivity index (χ0v) is 9.22. The van der Waals surface area contributed by atoms with E-state index in [2.05, 4.69) is 25.3 Å². The minimum atomic E-state index is 0.101. The number of hydrogen-bond acceptors (Lipinski definition) is 3. The van der Waals surface area contributed by atoms with Crippen molar-refractivity contribution in [2.45, 2.75) is 26.8 Å². The molecule has 14 heavy (non-hydrogen) atoms. The lowest BCUT2D eigenvalue weighted by molar-refractivity contribution is 0.399. The maximum atomic E-state index is 5.41. The minimum absolute atomic E-state index is 0.101. The van der Waals surface area contributed by atoms with E-state index in [0.717, 1.165) is 11.3 Å². The Bertz CT molecular complexity index is 323. The summed E-state index contributed by atoms with van der Waals surface area (Å²) in [7, 11) is 1.69. The van der Waals surface area contributed by atoms with Crippen LogP contribution >= 0.6 is 0 Å². The molecule has 0 amide bonds. The van der Waals surface area contributed by atoms with E-state index in [0.29, 0.717) is 0 Å². The van der Waals surface area contributed by atoms with E-state index in [1.807, 2.05) is 13.0 Å². The Morgan fingerprint density at radius 1 is 1.36 bits per heavy atom. The Labute approximate surface area is 85.2 Å². The van der Waals surface area contributed by atoms with Crippen LogP contribution in [0.3, 0.4) is 0 Å². The highest BCUT2D eigenvalue weighted by molar-refractivity contribution is 5.46. The van der Waals surface area contributed by atoms with Crippen molar-refractivity contribution in [3.8, 4) is 5.75 Å². The van der Waals surface area contributed by atoms with Gasteiger partial charge < -0.3 is 4.74 Å². The molecule has 0 bridgehead atoms. The molecule has 1 rings (SSSR count). The highest BCUT2D eigenvalue weighted by atomic mass is 16.5. The van der Waals surface area contributed by atoms with Crippen LogP contribution in [-0.2, 0) is 0 Å². The lowest BCUT2D eigenvalue weighted by Crippen LogP contribution is -2.26. The van der Waals surface area contributed by atoms with Gasteiger partial charge in [-0.3, -0.25) is 11.3 Å². The molecular weight excluding hydrogens is 176 g/mol. The number of methoxy groups -OCH3 is 1. The van der Waals surface area contributed by atoms with Gasteiger partial charge in [0.1, 0.15) is 5.75 Å². The van der Waals surface area contributed by atoms with Crippen LogP contribution in [0.25, 0.3) is 0 Å². The van der Waals surface area contributed by atoms with Gasteiger partial charge in [0, 0.05) is 11.6 Å². The van der Waals surface area contributed by atoms with Crippen LogP contribution in [0.1, 0.15) is 29.7 Å². The van der Waals surface area contributed by atoms with Gasteiger partial charge in [-0.15, -0.1) is 0 Å². The first-order valence-electron chi connectivity index (χ1n) is 4.72. The van der Waals surface area contributed by atoms with E-state index in [1.54, 1.807) is 7.11 Å².